The van der Waals surface area contributed by atoms with Crippen LogP contribution in [0.25, 0.3) is 12.2 Å². The zero-order chi connectivity index (χ0) is 28.6. The lowest BCUT2D eigenvalue weighted by atomic mass is 10.2. The number of rotatable bonds is 10. The minimum atomic E-state index is -0.187. The molecule has 2 aromatic carbocycles. The molecular formula is C28H27N7O4S2. The van der Waals surface area contributed by atoms with Crippen molar-refractivity contribution in [2.45, 2.75) is 25.8 Å². The standard InChI is InChI=1S/C28H27N7O4S2/c36-21-8-4-18(5-9-21)15-23-25(38)31-27(40-23)29-12-1-3-20-17-35(34-33-20)14-2-13-30-28-32-26(39)24(41-28)16-19-6-10-22(37)11-7-19/h4-11,15-17,36-37H,1-3,12-14H2,(H,29,31,38)(H,30,32,39)/b23-15-,24-16-. The first-order valence-electron chi connectivity index (χ1n) is 12.9. The Hall–Kier alpha value is -4.36. The second-order valence-corrected chi connectivity index (χ2v) is 11.2. The first-order valence-corrected chi connectivity index (χ1v) is 14.5. The van der Waals surface area contributed by atoms with Crippen molar-refractivity contribution in [3.63, 3.8) is 0 Å². The van der Waals surface area contributed by atoms with Crippen molar-refractivity contribution in [3.05, 3.63) is 81.4 Å². The number of hydrogen-bond acceptors (Lipinski definition) is 10. The van der Waals surface area contributed by atoms with Crippen LogP contribution in [-0.4, -0.2) is 60.4 Å². The highest BCUT2D eigenvalue weighted by Gasteiger charge is 2.24. The SMILES string of the molecule is O=C1NC(=NCCCc2cn(CCCN=C3NC(=O)/C(=C/c4ccc(O)cc4)S3)nn2)S/C1=C\c1ccc(O)cc1. The van der Waals surface area contributed by atoms with Crippen LogP contribution in [0, 0.1) is 0 Å². The molecule has 0 bridgehead atoms. The molecule has 13 heteroatoms. The number of aromatic nitrogens is 3. The monoisotopic (exact) mass is 589 g/mol. The van der Waals surface area contributed by atoms with Crippen LogP contribution >= 0.6 is 23.5 Å². The topological polar surface area (TPSA) is 154 Å². The summed E-state index contributed by atoms with van der Waals surface area (Å²) in [6, 6.07) is 13.3. The van der Waals surface area contributed by atoms with Gasteiger partial charge in [-0.05, 0) is 90.3 Å². The molecule has 4 N–H and O–H groups in total. The maximum atomic E-state index is 12.2. The smallest absolute Gasteiger partial charge is 0.264 e. The number of phenolic OH excluding ortho intramolecular Hbond substituents is 2. The number of nitrogens with zero attached hydrogens (tertiary/aromatic N) is 5. The van der Waals surface area contributed by atoms with E-state index in [4.69, 9.17) is 0 Å². The summed E-state index contributed by atoms with van der Waals surface area (Å²) in [6.45, 7) is 1.74. The van der Waals surface area contributed by atoms with E-state index in [0.717, 1.165) is 29.7 Å². The van der Waals surface area contributed by atoms with Gasteiger partial charge in [0, 0.05) is 25.8 Å². The number of thioether (sulfide) groups is 2. The van der Waals surface area contributed by atoms with Crippen LogP contribution in [0.15, 0.2) is 74.5 Å². The highest BCUT2D eigenvalue weighted by Crippen LogP contribution is 2.27. The molecule has 0 atom stereocenters. The molecule has 0 spiro atoms. The summed E-state index contributed by atoms with van der Waals surface area (Å²) in [6.07, 6.45) is 7.66. The number of hydrogen-bond donors (Lipinski definition) is 4. The summed E-state index contributed by atoms with van der Waals surface area (Å²) in [5, 5.41) is 33.9. The Kier molecular flexibility index (Phi) is 9.16. The van der Waals surface area contributed by atoms with Gasteiger partial charge in [-0.25, -0.2) is 0 Å². The first kappa shape index (κ1) is 28.2. The van der Waals surface area contributed by atoms with E-state index in [1.54, 1.807) is 65.4 Å². The summed E-state index contributed by atoms with van der Waals surface area (Å²) >= 11 is 2.59. The number of amidine groups is 2. The van der Waals surface area contributed by atoms with E-state index in [1.807, 2.05) is 6.20 Å². The number of carbonyl (C=O) groups excluding carboxylic acids is 2. The van der Waals surface area contributed by atoms with Crippen molar-refractivity contribution < 1.29 is 19.8 Å². The molecule has 0 unspecified atom stereocenters. The van der Waals surface area contributed by atoms with Crippen LogP contribution in [-0.2, 0) is 22.6 Å². The van der Waals surface area contributed by atoms with Gasteiger partial charge in [0.1, 0.15) is 11.5 Å². The third kappa shape index (κ3) is 8.08. The maximum absolute atomic E-state index is 12.2. The van der Waals surface area contributed by atoms with Crippen LogP contribution in [0.4, 0.5) is 0 Å². The second-order valence-electron chi connectivity index (χ2n) is 9.12. The number of nitrogens with one attached hydrogen (secondary N) is 2. The summed E-state index contributed by atoms with van der Waals surface area (Å²) in [4.78, 5) is 34.5. The lowest BCUT2D eigenvalue weighted by Gasteiger charge is -1.99. The highest BCUT2D eigenvalue weighted by molar-refractivity contribution is 8.19. The quantitative estimate of drug-likeness (QED) is 0.207. The van der Waals surface area contributed by atoms with Crippen molar-refractivity contribution >= 4 is 57.8 Å². The van der Waals surface area contributed by atoms with E-state index in [1.165, 1.54) is 23.5 Å². The van der Waals surface area contributed by atoms with Crippen molar-refractivity contribution in [1.29, 1.82) is 0 Å². The average molecular weight is 590 g/mol. The van der Waals surface area contributed by atoms with E-state index < -0.39 is 0 Å². The van der Waals surface area contributed by atoms with Gasteiger partial charge in [0.2, 0.25) is 0 Å². The Morgan fingerprint density at radius 3 is 1.83 bits per heavy atom. The molecule has 5 rings (SSSR count). The summed E-state index contributed by atoms with van der Waals surface area (Å²) < 4.78 is 1.78. The fourth-order valence-corrected chi connectivity index (χ4v) is 5.56. The molecule has 1 aromatic heterocycles. The molecule has 2 amide bonds. The van der Waals surface area contributed by atoms with Gasteiger partial charge >= 0.3 is 0 Å². The van der Waals surface area contributed by atoms with Crippen LogP contribution in [0.2, 0.25) is 0 Å². The molecule has 3 aromatic rings. The Morgan fingerprint density at radius 2 is 1.29 bits per heavy atom. The Morgan fingerprint density at radius 1 is 0.780 bits per heavy atom. The molecule has 3 heterocycles. The van der Waals surface area contributed by atoms with E-state index in [2.05, 4.69) is 30.9 Å². The molecule has 2 fully saturated rings. The molecule has 0 aliphatic carbocycles. The number of carbonyl (C=O) groups is 2. The lowest BCUT2D eigenvalue weighted by molar-refractivity contribution is -0.116. The Balaban J connectivity index is 1.02. The first-order chi connectivity index (χ1) is 19.9. The molecular weight excluding hydrogens is 562 g/mol. The fourth-order valence-electron chi connectivity index (χ4n) is 3.86. The molecule has 2 aliphatic rings. The predicted octanol–water partition coefficient (Wildman–Crippen LogP) is 3.53. The number of aliphatic imine (C=N–C) groups is 2. The minimum Gasteiger partial charge on any atom is -0.508 e. The predicted molar refractivity (Wildman–Crippen MR) is 161 cm³/mol. The molecule has 2 saturated heterocycles. The fraction of sp³-hybridized carbons (Fsp3) is 0.214. The van der Waals surface area contributed by atoms with Gasteiger partial charge in [-0.15, -0.1) is 5.10 Å². The lowest BCUT2D eigenvalue weighted by Crippen LogP contribution is -2.20. The van der Waals surface area contributed by atoms with Crippen molar-refractivity contribution in [2.75, 3.05) is 13.1 Å². The third-order valence-electron chi connectivity index (χ3n) is 5.92. The van der Waals surface area contributed by atoms with E-state index >= 15 is 0 Å². The molecule has 0 radical (unpaired) electrons. The van der Waals surface area contributed by atoms with Gasteiger partial charge in [-0.2, -0.15) is 0 Å². The molecule has 0 saturated carbocycles. The Bertz CT molecular complexity index is 1430. The maximum Gasteiger partial charge on any atom is 0.264 e. The zero-order valence-electron chi connectivity index (χ0n) is 21.9. The molecule has 2 aliphatic heterocycles. The largest absolute Gasteiger partial charge is 0.508 e. The van der Waals surface area contributed by atoms with Gasteiger partial charge < -0.3 is 20.8 Å². The second kappa shape index (κ2) is 13.3. The van der Waals surface area contributed by atoms with E-state index in [0.29, 0.717) is 46.2 Å². The van der Waals surface area contributed by atoms with Gasteiger partial charge in [-0.3, -0.25) is 24.3 Å². The third-order valence-corrected chi connectivity index (χ3v) is 7.81. The van der Waals surface area contributed by atoms with Gasteiger partial charge in [0.05, 0.1) is 15.5 Å². The molecule has 41 heavy (non-hydrogen) atoms. The van der Waals surface area contributed by atoms with Gasteiger partial charge in [-0.1, -0.05) is 29.5 Å². The normalized spacial score (nSPS) is 19.0. The van der Waals surface area contributed by atoms with E-state index in [-0.39, 0.29) is 23.3 Å². The number of benzene rings is 2. The number of amides is 2. The van der Waals surface area contributed by atoms with Crippen LogP contribution in [0.1, 0.15) is 29.7 Å². The van der Waals surface area contributed by atoms with Crippen LogP contribution in [0.5, 0.6) is 11.5 Å². The summed E-state index contributed by atoms with van der Waals surface area (Å²) in [7, 11) is 0. The van der Waals surface area contributed by atoms with Gasteiger partial charge in [0.15, 0.2) is 10.3 Å². The van der Waals surface area contributed by atoms with Crippen LogP contribution in [0.3, 0.4) is 0 Å². The van der Waals surface area contributed by atoms with Crippen molar-refractivity contribution in [1.82, 2.24) is 25.6 Å². The number of aromatic hydroxyl groups is 2. The van der Waals surface area contributed by atoms with Crippen molar-refractivity contribution in [3.8, 4) is 11.5 Å². The number of aryl methyl sites for hydroxylation is 2. The van der Waals surface area contributed by atoms with Crippen molar-refractivity contribution in [2.24, 2.45) is 9.98 Å². The Labute approximate surface area is 244 Å². The van der Waals surface area contributed by atoms with Gasteiger partial charge in [0.25, 0.3) is 11.8 Å². The van der Waals surface area contributed by atoms with E-state index in [9.17, 15) is 19.8 Å². The van der Waals surface area contributed by atoms with Crippen LogP contribution < -0.4 is 10.6 Å². The minimum absolute atomic E-state index is 0.178. The highest BCUT2D eigenvalue weighted by atomic mass is 32.2. The molecule has 11 nitrogen and oxygen atoms in total. The zero-order valence-corrected chi connectivity index (χ0v) is 23.5. The summed E-state index contributed by atoms with van der Waals surface area (Å²) in [5.41, 5.74) is 2.53. The number of phenols is 2. The molecule has 210 valence electrons. The summed E-state index contributed by atoms with van der Waals surface area (Å²) in [5.74, 6) is -0.0155. The average Bonchev–Trinajstić information content (AvgIpc) is 3.66.